The maximum absolute atomic E-state index is 14.3. The third-order valence-corrected chi connectivity index (χ3v) is 3.95. The highest BCUT2D eigenvalue weighted by Gasteiger charge is 2.71. The second-order valence-electron chi connectivity index (χ2n) is 5.68. The molecule has 0 fully saturated rings. The maximum Gasteiger partial charge on any atom is 0.457 e. The minimum Gasteiger partial charge on any atom is -0.374 e. The lowest BCUT2D eigenvalue weighted by Gasteiger charge is -2.38. The van der Waals surface area contributed by atoms with Gasteiger partial charge < -0.3 is 5.11 Å². The first-order valence-corrected chi connectivity index (χ1v) is 7.13. The number of halogens is 8. The number of benzene rings is 2. The zero-order valence-corrected chi connectivity index (χ0v) is 13.1. The largest absolute Gasteiger partial charge is 0.457 e. The second-order valence-corrected chi connectivity index (χ2v) is 5.68. The van der Waals surface area contributed by atoms with Crippen molar-refractivity contribution in [1.29, 1.82) is 0 Å². The molecule has 142 valence electrons. The summed E-state index contributed by atoms with van der Waals surface area (Å²) in [4.78, 5) is 0. The summed E-state index contributed by atoms with van der Waals surface area (Å²) >= 11 is 0. The number of rotatable bonds is 3. The van der Waals surface area contributed by atoms with Gasteiger partial charge >= 0.3 is 18.3 Å². The zero-order valence-electron chi connectivity index (χ0n) is 13.1. The SMILES string of the molecule is Cc1ccccc1C(O)(c1cccc(C(F)(F)F)c1)C(F)(F)C(F)(F)F. The van der Waals surface area contributed by atoms with Crippen LogP contribution in [-0.4, -0.2) is 17.2 Å². The normalized spacial score (nSPS) is 15.6. The van der Waals surface area contributed by atoms with Crippen LogP contribution in [0.25, 0.3) is 0 Å². The molecule has 0 aliphatic carbocycles. The van der Waals surface area contributed by atoms with Gasteiger partial charge in [-0.25, -0.2) is 0 Å². The molecule has 1 N–H and O–H groups in total. The van der Waals surface area contributed by atoms with Crippen LogP contribution >= 0.6 is 0 Å². The van der Waals surface area contributed by atoms with E-state index in [0.29, 0.717) is 18.2 Å². The second kappa shape index (κ2) is 6.22. The predicted molar refractivity (Wildman–Crippen MR) is 76.6 cm³/mol. The smallest absolute Gasteiger partial charge is 0.374 e. The number of alkyl halides is 8. The van der Waals surface area contributed by atoms with E-state index in [9.17, 15) is 40.2 Å². The van der Waals surface area contributed by atoms with Gasteiger partial charge in [0.15, 0.2) is 5.60 Å². The van der Waals surface area contributed by atoms with Crippen LogP contribution in [0.2, 0.25) is 0 Å². The Labute approximate surface area is 142 Å². The highest BCUT2D eigenvalue weighted by atomic mass is 19.4. The van der Waals surface area contributed by atoms with Gasteiger partial charge in [-0.2, -0.15) is 35.1 Å². The summed E-state index contributed by atoms with van der Waals surface area (Å²) in [6, 6.07) is 6.27. The van der Waals surface area contributed by atoms with E-state index >= 15 is 0 Å². The minimum atomic E-state index is -6.21. The number of hydrogen-bond acceptors (Lipinski definition) is 1. The van der Waals surface area contributed by atoms with Crippen LogP contribution in [-0.2, 0) is 11.8 Å². The van der Waals surface area contributed by atoms with Gasteiger partial charge in [-0.15, -0.1) is 0 Å². The van der Waals surface area contributed by atoms with Gasteiger partial charge in [-0.05, 0) is 35.7 Å². The van der Waals surface area contributed by atoms with Gasteiger partial charge in [-0.1, -0.05) is 36.4 Å². The molecule has 0 saturated heterocycles. The predicted octanol–water partition coefficient (Wildman–Crippen LogP) is 5.45. The standard InChI is InChI=1S/C17H12F8O/c1-10-5-2-3-8-13(10)14(26,16(21,22)17(23,24)25)11-6-4-7-12(9-11)15(18,19)20/h2-9,26H,1H3. The Morgan fingerprint density at radius 1 is 0.731 bits per heavy atom. The summed E-state index contributed by atoms with van der Waals surface area (Å²) in [6.07, 6.45) is -11.2. The van der Waals surface area contributed by atoms with Crippen LogP contribution in [0.5, 0.6) is 0 Å². The monoisotopic (exact) mass is 384 g/mol. The van der Waals surface area contributed by atoms with Crippen molar-refractivity contribution in [1.82, 2.24) is 0 Å². The molecule has 9 heteroatoms. The van der Waals surface area contributed by atoms with Crippen molar-refractivity contribution in [3.05, 3.63) is 70.8 Å². The highest BCUT2D eigenvalue weighted by molar-refractivity contribution is 5.45. The third-order valence-electron chi connectivity index (χ3n) is 3.95. The van der Waals surface area contributed by atoms with Gasteiger partial charge in [0.1, 0.15) is 0 Å². The van der Waals surface area contributed by atoms with Gasteiger partial charge in [0, 0.05) is 0 Å². The van der Waals surface area contributed by atoms with Gasteiger partial charge in [0.05, 0.1) is 5.56 Å². The average molecular weight is 384 g/mol. The molecule has 0 aliphatic rings. The summed E-state index contributed by atoms with van der Waals surface area (Å²) in [5.74, 6) is -5.75. The first-order chi connectivity index (χ1) is 11.7. The lowest BCUT2D eigenvalue weighted by molar-refractivity contribution is -0.336. The van der Waals surface area contributed by atoms with E-state index in [-0.39, 0.29) is 11.6 Å². The average Bonchev–Trinajstić information content (AvgIpc) is 2.52. The Morgan fingerprint density at radius 3 is 1.77 bits per heavy atom. The number of hydrogen-bond donors (Lipinski definition) is 1. The summed E-state index contributed by atoms with van der Waals surface area (Å²) in [5.41, 5.74) is -7.71. The van der Waals surface area contributed by atoms with E-state index < -0.39 is 40.6 Å². The Hall–Kier alpha value is -2.16. The van der Waals surface area contributed by atoms with Crippen molar-refractivity contribution in [2.24, 2.45) is 0 Å². The van der Waals surface area contributed by atoms with Crippen LogP contribution in [0, 0.1) is 6.92 Å². The van der Waals surface area contributed by atoms with Crippen molar-refractivity contribution >= 4 is 0 Å². The summed E-state index contributed by atoms with van der Waals surface area (Å²) in [7, 11) is 0. The molecule has 0 bridgehead atoms. The van der Waals surface area contributed by atoms with Crippen molar-refractivity contribution < 1.29 is 40.2 Å². The van der Waals surface area contributed by atoms with Gasteiger partial charge in [-0.3, -0.25) is 0 Å². The topological polar surface area (TPSA) is 20.2 Å². The molecular weight excluding hydrogens is 372 g/mol. The molecule has 0 aliphatic heterocycles. The van der Waals surface area contributed by atoms with Crippen molar-refractivity contribution in [2.75, 3.05) is 0 Å². The summed E-state index contributed by atoms with van der Waals surface area (Å²) in [6.45, 7) is 1.17. The molecule has 0 spiro atoms. The molecule has 0 amide bonds. The van der Waals surface area contributed by atoms with Gasteiger partial charge in [0.25, 0.3) is 0 Å². The van der Waals surface area contributed by atoms with Gasteiger partial charge in [0.2, 0.25) is 0 Å². The van der Waals surface area contributed by atoms with E-state index in [1.54, 1.807) is 0 Å². The molecule has 2 rings (SSSR count). The van der Waals surface area contributed by atoms with Crippen molar-refractivity contribution in [2.45, 2.75) is 30.8 Å². The quantitative estimate of drug-likeness (QED) is 0.698. The fraction of sp³-hybridized carbons (Fsp3) is 0.294. The first kappa shape index (κ1) is 20.2. The molecule has 0 aromatic heterocycles. The van der Waals surface area contributed by atoms with E-state index in [0.717, 1.165) is 12.1 Å². The minimum absolute atomic E-state index is 0.0894. The van der Waals surface area contributed by atoms with E-state index in [1.165, 1.54) is 19.1 Å². The van der Waals surface area contributed by atoms with E-state index in [1.807, 2.05) is 0 Å². The molecule has 1 nitrogen and oxygen atoms in total. The lowest BCUT2D eigenvalue weighted by atomic mass is 9.78. The van der Waals surface area contributed by atoms with Crippen LogP contribution < -0.4 is 0 Å². The molecule has 2 aromatic rings. The molecular formula is C17H12F8O. The zero-order chi connectivity index (χ0) is 20.0. The van der Waals surface area contributed by atoms with E-state index in [2.05, 4.69) is 0 Å². The first-order valence-electron chi connectivity index (χ1n) is 7.13. The fourth-order valence-corrected chi connectivity index (χ4v) is 2.61. The third kappa shape index (κ3) is 3.15. The molecule has 0 radical (unpaired) electrons. The van der Waals surface area contributed by atoms with Crippen molar-refractivity contribution in [3.63, 3.8) is 0 Å². The van der Waals surface area contributed by atoms with Crippen molar-refractivity contribution in [3.8, 4) is 0 Å². The van der Waals surface area contributed by atoms with Crippen LogP contribution in [0.1, 0.15) is 22.3 Å². The maximum atomic E-state index is 14.3. The van der Waals surface area contributed by atoms with Crippen LogP contribution in [0.15, 0.2) is 48.5 Å². The molecule has 26 heavy (non-hydrogen) atoms. The van der Waals surface area contributed by atoms with Crippen LogP contribution in [0.4, 0.5) is 35.1 Å². The molecule has 0 heterocycles. The summed E-state index contributed by atoms with van der Waals surface area (Å²) < 4.78 is 106. The van der Waals surface area contributed by atoms with Crippen LogP contribution in [0.3, 0.4) is 0 Å². The Kier molecular flexibility index (Phi) is 4.82. The molecule has 1 unspecified atom stereocenters. The molecule has 0 saturated carbocycles. The lowest BCUT2D eigenvalue weighted by Crippen LogP contribution is -2.56. The Bertz CT molecular complexity index is 794. The number of aryl methyl sites for hydroxylation is 1. The molecule has 2 aromatic carbocycles. The summed E-state index contributed by atoms with van der Waals surface area (Å²) in [5, 5.41) is 10.6. The number of aliphatic hydroxyl groups is 1. The molecule has 1 atom stereocenters. The highest BCUT2D eigenvalue weighted by Crippen LogP contribution is 2.52. The Balaban J connectivity index is 2.85. The van der Waals surface area contributed by atoms with E-state index in [4.69, 9.17) is 0 Å². The Morgan fingerprint density at radius 2 is 1.27 bits per heavy atom. The fourth-order valence-electron chi connectivity index (χ4n) is 2.61.